The van der Waals surface area contributed by atoms with E-state index in [1.54, 1.807) is 24.4 Å². The Morgan fingerprint density at radius 1 is 1.15 bits per heavy atom. The highest BCUT2D eigenvalue weighted by atomic mass is 32.2. The van der Waals surface area contributed by atoms with Gasteiger partial charge in [-0.1, -0.05) is 30.9 Å². The summed E-state index contributed by atoms with van der Waals surface area (Å²) in [7, 11) is -3.92. The van der Waals surface area contributed by atoms with Crippen molar-refractivity contribution in [2.45, 2.75) is 54.7 Å². The molecule has 1 saturated heterocycles. The highest BCUT2D eigenvalue weighted by Gasteiger charge is 2.62. The minimum Gasteiger partial charge on any atom is -0.472 e. The topological polar surface area (TPSA) is 213 Å². The van der Waals surface area contributed by atoms with Crippen LogP contribution in [-0.4, -0.2) is 95.2 Å². The first-order chi connectivity index (χ1) is 21.9. The van der Waals surface area contributed by atoms with Gasteiger partial charge in [-0.25, -0.2) is 18.2 Å². The van der Waals surface area contributed by atoms with E-state index in [4.69, 9.17) is 4.74 Å². The summed E-state index contributed by atoms with van der Waals surface area (Å²) >= 11 is 0. The molecule has 0 bridgehead atoms. The Kier molecular flexibility index (Phi) is 9.01. The molecule has 5 N–H and O–H groups in total. The maximum atomic E-state index is 13.9. The van der Waals surface area contributed by atoms with Crippen LogP contribution in [-0.2, 0) is 29.2 Å². The summed E-state index contributed by atoms with van der Waals surface area (Å²) in [6.07, 6.45) is 2.48. The summed E-state index contributed by atoms with van der Waals surface area (Å²) in [5, 5.41) is 17.4. The molecule has 46 heavy (non-hydrogen) atoms. The van der Waals surface area contributed by atoms with Crippen molar-refractivity contribution in [3.8, 4) is 5.88 Å². The molecule has 5 amide bonds. The summed E-state index contributed by atoms with van der Waals surface area (Å²) in [4.78, 5) is 69.8. The normalized spacial score (nSPS) is 24.3. The average Bonchev–Trinajstić information content (AvgIpc) is 3.95. The second-order valence-electron chi connectivity index (χ2n) is 11.5. The fourth-order valence-corrected chi connectivity index (χ4v) is 6.93. The number of carboxylic acid groups (broad SMARTS) is 1. The Bertz CT molecular complexity index is 1710. The van der Waals surface area contributed by atoms with Crippen LogP contribution in [0.2, 0.25) is 0 Å². The Labute approximate surface area is 264 Å². The van der Waals surface area contributed by atoms with Crippen LogP contribution >= 0.6 is 0 Å². The molecule has 2 saturated carbocycles. The molecule has 1 aliphatic heterocycles. The van der Waals surface area contributed by atoms with Gasteiger partial charge in [-0.05, 0) is 42.9 Å². The van der Waals surface area contributed by atoms with Crippen LogP contribution in [0.25, 0.3) is 10.8 Å². The molecular formula is C30H34N6O9S. The third-order valence-electron chi connectivity index (χ3n) is 8.27. The highest BCUT2D eigenvalue weighted by molar-refractivity contribution is 7.91. The Hall–Kier alpha value is -4.99. The third kappa shape index (κ3) is 6.80. The van der Waals surface area contributed by atoms with Crippen LogP contribution in [0.15, 0.2) is 61.8 Å². The van der Waals surface area contributed by atoms with Crippen molar-refractivity contribution < 1.29 is 42.2 Å². The van der Waals surface area contributed by atoms with E-state index >= 15 is 0 Å². The van der Waals surface area contributed by atoms with Gasteiger partial charge in [0.25, 0.3) is 5.91 Å². The molecule has 5 atom stereocenters. The molecule has 244 valence electrons. The van der Waals surface area contributed by atoms with Crippen molar-refractivity contribution in [3.63, 3.8) is 0 Å². The highest BCUT2D eigenvalue weighted by Crippen LogP contribution is 2.45. The first-order valence-electron chi connectivity index (χ1n) is 14.6. The van der Waals surface area contributed by atoms with E-state index in [0.29, 0.717) is 18.2 Å². The summed E-state index contributed by atoms with van der Waals surface area (Å²) in [6.45, 7) is 6.41. The van der Waals surface area contributed by atoms with Gasteiger partial charge in [-0.15, -0.1) is 6.58 Å². The number of fused-ring (bicyclic) bond motifs is 1. The van der Waals surface area contributed by atoms with E-state index < -0.39 is 81.2 Å². The molecule has 16 heteroatoms. The maximum Gasteiger partial charge on any atom is 0.405 e. The number of nitrogens with zero attached hydrogens (tertiary/aromatic N) is 2. The number of likely N-dealkylation sites (tertiary alicyclic amines) is 1. The number of carbonyl (C=O) groups is 5. The number of pyridine rings is 1. The van der Waals surface area contributed by atoms with Crippen LogP contribution in [0.3, 0.4) is 0 Å². The number of rotatable bonds is 13. The molecule has 3 fully saturated rings. The van der Waals surface area contributed by atoms with Crippen molar-refractivity contribution in [2.24, 2.45) is 5.92 Å². The van der Waals surface area contributed by atoms with Crippen LogP contribution < -0.4 is 25.4 Å². The minimum absolute atomic E-state index is 0.0713. The number of sulfonamides is 1. The molecule has 5 rings (SSSR count). The molecule has 0 radical (unpaired) electrons. The predicted molar refractivity (Wildman–Crippen MR) is 164 cm³/mol. The van der Waals surface area contributed by atoms with Gasteiger partial charge < -0.3 is 30.7 Å². The van der Waals surface area contributed by atoms with Gasteiger partial charge in [0.05, 0.1) is 11.8 Å². The monoisotopic (exact) mass is 654 g/mol. The lowest BCUT2D eigenvalue weighted by atomic mass is 10.1. The Balaban J connectivity index is 1.41. The van der Waals surface area contributed by atoms with E-state index in [1.807, 2.05) is 12.1 Å². The number of amides is 5. The van der Waals surface area contributed by atoms with Crippen molar-refractivity contribution in [2.75, 3.05) is 13.1 Å². The van der Waals surface area contributed by atoms with Crippen molar-refractivity contribution in [1.29, 1.82) is 0 Å². The number of hydrogen-bond donors (Lipinski definition) is 5. The summed E-state index contributed by atoms with van der Waals surface area (Å²) < 4.78 is 33.3. The van der Waals surface area contributed by atoms with Gasteiger partial charge >= 0.3 is 6.09 Å². The average molecular weight is 655 g/mol. The summed E-state index contributed by atoms with van der Waals surface area (Å²) in [5.41, 5.74) is -1.61. The van der Waals surface area contributed by atoms with Crippen molar-refractivity contribution in [1.82, 2.24) is 30.6 Å². The molecular weight excluding hydrogens is 620 g/mol. The van der Waals surface area contributed by atoms with Gasteiger partial charge in [-0.2, -0.15) is 0 Å². The fourth-order valence-electron chi connectivity index (χ4n) is 5.56. The summed E-state index contributed by atoms with van der Waals surface area (Å²) in [5.74, 6) is -3.49. The fraction of sp³-hybridized carbons (Fsp3) is 0.400. The van der Waals surface area contributed by atoms with Gasteiger partial charge in [0.15, 0.2) is 0 Å². The van der Waals surface area contributed by atoms with Gasteiger partial charge in [0.1, 0.15) is 23.7 Å². The van der Waals surface area contributed by atoms with E-state index in [-0.39, 0.29) is 25.3 Å². The van der Waals surface area contributed by atoms with Gasteiger partial charge in [0.2, 0.25) is 33.6 Å². The third-order valence-corrected chi connectivity index (χ3v) is 10.1. The standard InChI is InChI=1S/C30H34N6O9S/c1-3-18-14-30(18,28(40)35-46(43,44)20-9-10-20)34-25(38)23-13-19(45-26-21-8-6-5-7-17(21)11-12-31-26)16-36(23)27(39)22(33-29(41)42)15-32-24(37)4-2/h3-8,11-12,18-20,22-23,33H,1-2,9-10,13-16H2,(H,32,37)(H,34,38)(H,35,40)(H,41,42). The molecule has 3 aliphatic rings. The lowest BCUT2D eigenvalue weighted by molar-refractivity contribution is -0.141. The van der Waals surface area contributed by atoms with Crippen LogP contribution in [0.4, 0.5) is 4.79 Å². The predicted octanol–water partition coefficient (Wildman–Crippen LogP) is 0.191. The molecule has 2 heterocycles. The first kappa shape index (κ1) is 32.4. The van der Waals surface area contributed by atoms with Gasteiger partial charge in [-0.3, -0.25) is 23.9 Å². The number of nitrogens with one attached hydrogen (secondary N) is 4. The van der Waals surface area contributed by atoms with Gasteiger partial charge in [0, 0.05) is 30.5 Å². The number of carbonyl (C=O) groups excluding carboxylic acids is 4. The van der Waals surface area contributed by atoms with E-state index in [2.05, 4.69) is 38.8 Å². The van der Waals surface area contributed by atoms with Crippen molar-refractivity contribution in [3.05, 3.63) is 61.8 Å². The Morgan fingerprint density at radius 3 is 2.54 bits per heavy atom. The quantitative estimate of drug-likeness (QED) is 0.146. The first-order valence-corrected chi connectivity index (χ1v) is 16.1. The van der Waals surface area contributed by atoms with E-state index in [9.17, 15) is 37.5 Å². The van der Waals surface area contributed by atoms with Crippen molar-refractivity contribution >= 4 is 50.5 Å². The number of benzene rings is 1. The van der Waals surface area contributed by atoms with Crippen LogP contribution in [0.5, 0.6) is 5.88 Å². The van der Waals surface area contributed by atoms with E-state index in [0.717, 1.165) is 16.4 Å². The molecule has 0 spiro atoms. The number of ether oxygens (including phenoxy) is 1. The SMILES string of the molecule is C=CC(=O)NCC(NC(=O)O)C(=O)N1CC(Oc2nccc3ccccc23)CC1C(=O)NC1(C(=O)NS(=O)(=O)C2CC2)CC1C=C. The smallest absolute Gasteiger partial charge is 0.405 e. The molecule has 1 aromatic carbocycles. The summed E-state index contributed by atoms with van der Waals surface area (Å²) in [6, 6.07) is 6.35. The zero-order valence-electron chi connectivity index (χ0n) is 24.7. The Morgan fingerprint density at radius 2 is 1.89 bits per heavy atom. The van der Waals surface area contributed by atoms with Crippen LogP contribution in [0.1, 0.15) is 25.7 Å². The zero-order valence-corrected chi connectivity index (χ0v) is 25.5. The molecule has 2 aromatic rings. The van der Waals surface area contributed by atoms with Crippen LogP contribution in [0, 0.1) is 5.92 Å². The lowest BCUT2D eigenvalue weighted by Gasteiger charge is -2.29. The molecule has 15 nitrogen and oxygen atoms in total. The second kappa shape index (κ2) is 12.8. The minimum atomic E-state index is -3.92. The molecule has 2 aliphatic carbocycles. The second-order valence-corrected chi connectivity index (χ2v) is 13.4. The maximum absolute atomic E-state index is 13.9. The number of hydrogen-bond acceptors (Lipinski definition) is 9. The molecule has 5 unspecified atom stereocenters. The molecule has 1 aromatic heterocycles. The lowest BCUT2D eigenvalue weighted by Crippen LogP contribution is -2.59. The zero-order chi connectivity index (χ0) is 33.2. The number of aromatic nitrogens is 1. The largest absolute Gasteiger partial charge is 0.472 e. The van der Waals surface area contributed by atoms with E-state index in [1.165, 1.54) is 6.08 Å².